The highest BCUT2D eigenvalue weighted by atomic mass is 79.9. The van der Waals surface area contributed by atoms with Gasteiger partial charge in [-0.15, -0.1) is 0 Å². The van der Waals surface area contributed by atoms with Crippen LogP contribution in [0.5, 0.6) is 5.75 Å². The van der Waals surface area contributed by atoms with Crippen LogP contribution in [0.3, 0.4) is 0 Å². The number of rotatable bonds is 4. The van der Waals surface area contributed by atoms with E-state index < -0.39 is 11.6 Å². The number of pyridine rings is 1. The van der Waals surface area contributed by atoms with E-state index in [-0.39, 0.29) is 0 Å². The first-order valence-electron chi connectivity index (χ1n) is 5.86. The van der Waals surface area contributed by atoms with E-state index in [9.17, 15) is 4.79 Å². The van der Waals surface area contributed by atoms with Crippen LogP contribution in [0.2, 0.25) is 0 Å². The first-order valence-corrected chi connectivity index (χ1v) is 6.65. The van der Waals surface area contributed by atoms with E-state index in [4.69, 9.17) is 9.47 Å². The van der Waals surface area contributed by atoms with E-state index in [2.05, 4.69) is 27.5 Å². The summed E-state index contributed by atoms with van der Waals surface area (Å²) in [6, 6.07) is 1.58. The van der Waals surface area contributed by atoms with Crippen molar-refractivity contribution in [2.24, 2.45) is 0 Å². The van der Waals surface area contributed by atoms with Gasteiger partial charge in [0.05, 0.1) is 0 Å². The molecule has 0 bridgehead atoms. The number of esters is 1. The Morgan fingerprint density at radius 2 is 2.11 bits per heavy atom. The van der Waals surface area contributed by atoms with Crippen molar-refractivity contribution < 1.29 is 14.3 Å². The van der Waals surface area contributed by atoms with Crippen molar-refractivity contribution in [2.75, 3.05) is 6.61 Å². The monoisotopic (exact) mass is 327 g/mol. The predicted molar refractivity (Wildman–Crippen MR) is 77.4 cm³/mol. The first kappa shape index (κ1) is 15.7. The van der Waals surface area contributed by atoms with Crippen LogP contribution >= 0.6 is 15.9 Å². The van der Waals surface area contributed by atoms with E-state index in [1.807, 2.05) is 27.7 Å². The molecule has 0 aliphatic carbocycles. The number of hydrogen-bond acceptors (Lipinski definition) is 4. The third kappa shape index (κ3) is 5.03. The van der Waals surface area contributed by atoms with Crippen LogP contribution in [-0.2, 0) is 4.74 Å². The molecule has 5 heteroatoms. The second-order valence-corrected chi connectivity index (χ2v) is 5.98. The normalized spacial score (nSPS) is 11.0. The molecule has 4 nitrogen and oxygen atoms in total. The number of halogens is 1. The van der Waals surface area contributed by atoms with Gasteiger partial charge in [-0.3, -0.25) is 0 Å². The predicted octanol–water partition coefficient (Wildman–Crippen LogP) is 3.75. The fourth-order valence-corrected chi connectivity index (χ4v) is 1.70. The standard InChI is InChI=1S/C14H18BrNO3/c1-9(2)8-18-11-10(6-7-16-12(11)15)13(17)19-14(3,4)5/h6-7H,1,8H2,2-5H3. The molecule has 0 spiro atoms. The van der Waals surface area contributed by atoms with E-state index >= 15 is 0 Å². The summed E-state index contributed by atoms with van der Waals surface area (Å²) < 4.78 is 11.4. The first-order chi connectivity index (χ1) is 8.70. The summed E-state index contributed by atoms with van der Waals surface area (Å²) in [5, 5.41) is 0. The zero-order valence-electron chi connectivity index (χ0n) is 11.6. The topological polar surface area (TPSA) is 48.4 Å². The number of carbonyl (C=O) groups excluding carboxylic acids is 1. The maximum atomic E-state index is 12.1. The summed E-state index contributed by atoms with van der Waals surface area (Å²) in [5.74, 6) is -0.0629. The molecule has 0 unspecified atom stereocenters. The van der Waals surface area contributed by atoms with Gasteiger partial charge in [0.2, 0.25) is 0 Å². The molecule has 19 heavy (non-hydrogen) atoms. The minimum atomic E-state index is -0.557. The maximum absolute atomic E-state index is 12.1. The van der Waals surface area contributed by atoms with Gasteiger partial charge in [0.1, 0.15) is 22.4 Å². The third-order valence-corrected chi connectivity index (χ3v) is 2.51. The zero-order chi connectivity index (χ0) is 14.6. The SMILES string of the molecule is C=C(C)COc1c(C(=O)OC(C)(C)C)ccnc1Br. The van der Waals surface area contributed by atoms with Crippen molar-refractivity contribution in [1.82, 2.24) is 4.98 Å². The van der Waals surface area contributed by atoms with E-state index in [1.165, 1.54) is 6.20 Å². The van der Waals surface area contributed by atoms with Crippen LogP contribution in [0.4, 0.5) is 0 Å². The molecule has 0 aliphatic rings. The Labute approximate surface area is 122 Å². The van der Waals surface area contributed by atoms with Gasteiger partial charge in [-0.1, -0.05) is 6.58 Å². The van der Waals surface area contributed by atoms with Crippen molar-refractivity contribution in [3.63, 3.8) is 0 Å². The van der Waals surface area contributed by atoms with Gasteiger partial charge in [0, 0.05) is 6.20 Å². The van der Waals surface area contributed by atoms with Crippen molar-refractivity contribution in [3.05, 3.63) is 34.6 Å². The quantitative estimate of drug-likeness (QED) is 0.480. The lowest BCUT2D eigenvalue weighted by Crippen LogP contribution is -2.24. The van der Waals surface area contributed by atoms with E-state index in [0.29, 0.717) is 22.5 Å². The molecule has 104 valence electrons. The Kier molecular flexibility index (Phi) is 5.11. The highest BCUT2D eigenvalue weighted by molar-refractivity contribution is 9.10. The highest BCUT2D eigenvalue weighted by Crippen LogP contribution is 2.28. The summed E-state index contributed by atoms with van der Waals surface area (Å²) in [4.78, 5) is 16.2. The molecule has 0 radical (unpaired) electrons. The fraction of sp³-hybridized carbons (Fsp3) is 0.429. The van der Waals surface area contributed by atoms with Gasteiger partial charge in [-0.2, -0.15) is 0 Å². The molecule has 1 heterocycles. The molecular weight excluding hydrogens is 310 g/mol. The lowest BCUT2D eigenvalue weighted by molar-refractivity contribution is 0.00657. The summed E-state index contributed by atoms with van der Waals surface area (Å²) in [6.45, 7) is 11.4. The Hall–Kier alpha value is -1.36. The van der Waals surface area contributed by atoms with Gasteiger partial charge in [-0.25, -0.2) is 9.78 Å². The average Bonchev–Trinajstić information content (AvgIpc) is 2.24. The number of hydrogen-bond donors (Lipinski definition) is 0. The fourth-order valence-electron chi connectivity index (χ4n) is 1.25. The molecule has 1 aromatic heterocycles. The lowest BCUT2D eigenvalue weighted by atomic mass is 10.2. The van der Waals surface area contributed by atoms with E-state index in [1.54, 1.807) is 6.07 Å². The lowest BCUT2D eigenvalue weighted by Gasteiger charge is -2.20. The molecule has 0 saturated carbocycles. The smallest absolute Gasteiger partial charge is 0.342 e. The number of aromatic nitrogens is 1. The van der Waals surface area contributed by atoms with Crippen LogP contribution < -0.4 is 4.74 Å². The van der Waals surface area contributed by atoms with Crippen LogP contribution in [0.15, 0.2) is 29.0 Å². The van der Waals surface area contributed by atoms with Gasteiger partial charge in [0.15, 0.2) is 5.75 Å². The van der Waals surface area contributed by atoms with Crippen LogP contribution in [-0.4, -0.2) is 23.2 Å². The summed E-state index contributed by atoms with van der Waals surface area (Å²) in [6.07, 6.45) is 1.52. The van der Waals surface area contributed by atoms with Gasteiger partial charge >= 0.3 is 5.97 Å². The molecule has 0 amide bonds. The minimum absolute atomic E-state index is 0.320. The molecule has 0 atom stereocenters. The van der Waals surface area contributed by atoms with Crippen molar-refractivity contribution >= 4 is 21.9 Å². The van der Waals surface area contributed by atoms with Crippen LogP contribution in [0.1, 0.15) is 38.1 Å². The Morgan fingerprint density at radius 1 is 1.47 bits per heavy atom. The maximum Gasteiger partial charge on any atom is 0.342 e. The second-order valence-electron chi connectivity index (χ2n) is 5.23. The molecule has 0 saturated heterocycles. The Balaban J connectivity index is 3.03. The van der Waals surface area contributed by atoms with Crippen molar-refractivity contribution in [3.8, 4) is 5.75 Å². The van der Waals surface area contributed by atoms with Gasteiger partial charge in [0.25, 0.3) is 0 Å². The van der Waals surface area contributed by atoms with Gasteiger partial charge < -0.3 is 9.47 Å². The molecule has 0 N–H and O–H groups in total. The van der Waals surface area contributed by atoms with Gasteiger partial charge in [-0.05, 0) is 55.3 Å². The van der Waals surface area contributed by atoms with E-state index in [0.717, 1.165) is 5.57 Å². The summed E-state index contributed by atoms with van der Waals surface area (Å²) in [5.41, 5.74) is 0.641. The molecule has 0 fully saturated rings. The minimum Gasteiger partial charge on any atom is -0.486 e. The molecule has 1 aromatic rings. The number of ether oxygens (including phenoxy) is 2. The zero-order valence-corrected chi connectivity index (χ0v) is 13.2. The van der Waals surface area contributed by atoms with Crippen LogP contribution in [0.25, 0.3) is 0 Å². The highest BCUT2D eigenvalue weighted by Gasteiger charge is 2.22. The molecular formula is C14H18BrNO3. The largest absolute Gasteiger partial charge is 0.486 e. The third-order valence-electron chi connectivity index (χ3n) is 1.94. The number of carbonyl (C=O) groups is 1. The van der Waals surface area contributed by atoms with Crippen molar-refractivity contribution in [2.45, 2.75) is 33.3 Å². The Morgan fingerprint density at radius 3 is 2.63 bits per heavy atom. The second kappa shape index (κ2) is 6.19. The molecule has 0 aliphatic heterocycles. The van der Waals surface area contributed by atoms with Crippen LogP contribution in [0, 0.1) is 0 Å². The number of nitrogens with zero attached hydrogens (tertiary/aromatic N) is 1. The van der Waals surface area contributed by atoms with Crippen molar-refractivity contribution in [1.29, 1.82) is 0 Å². The summed E-state index contributed by atoms with van der Waals surface area (Å²) in [7, 11) is 0. The summed E-state index contributed by atoms with van der Waals surface area (Å²) >= 11 is 3.27. The molecule has 0 aromatic carbocycles. The molecule has 1 rings (SSSR count). The Bertz CT molecular complexity index is 492. The average molecular weight is 328 g/mol.